The molecule has 0 aliphatic rings. The van der Waals surface area contributed by atoms with Crippen LogP contribution < -0.4 is 0 Å². The first-order chi connectivity index (χ1) is 6.92. The quantitative estimate of drug-likeness (QED) is 0.637. The van der Waals surface area contributed by atoms with Crippen molar-refractivity contribution in [3.63, 3.8) is 0 Å². The molecule has 0 nitrogen and oxygen atoms in total. The van der Waals surface area contributed by atoms with Crippen molar-refractivity contribution >= 4 is 21.4 Å². The molecule has 2 aromatic rings. The Labute approximate surface area is 89.6 Å². The maximum absolute atomic E-state index is 2.27. The molecule has 0 fully saturated rings. The van der Waals surface area contributed by atoms with E-state index in [1.54, 1.807) is 0 Å². The van der Waals surface area contributed by atoms with Crippen LogP contribution in [-0.4, -0.2) is 0 Å². The number of rotatable bonds is 4. The summed E-state index contributed by atoms with van der Waals surface area (Å²) in [5.41, 5.74) is 1.53. The van der Waals surface area contributed by atoms with Gasteiger partial charge >= 0.3 is 0 Å². The van der Waals surface area contributed by atoms with Crippen LogP contribution in [0.5, 0.6) is 0 Å². The van der Waals surface area contributed by atoms with Crippen LogP contribution in [0.25, 0.3) is 10.1 Å². The summed E-state index contributed by atoms with van der Waals surface area (Å²) in [6, 6.07) is 8.91. The Morgan fingerprint density at radius 2 is 2.07 bits per heavy atom. The summed E-state index contributed by atoms with van der Waals surface area (Å²) in [7, 11) is 0. The molecule has 0 saturated carbocycles. The fraction of sp³-hybridized carbons (Fsp3) is 0.385. The fourth-order valence-electron chi connectivity index (χ4n) is 1.84. The normalized spacial score (nSPS) is 10.9. The predicted octanol–water partition coefficient (Wildman–Crippen LogP) is 4.63. The summed E-state index contributed by atoms with van der Waals surface area (Å²) in [5, 5.41) is 3.65. The number of thiophene rings is 1. The molecule has 1 heterocycles. The standard InChI is InChI=1S/C13H16S/c1-2-3-4-6-11-7-5-8-13-12(11)9-10-14-13/h5,7-10H,2-4,6H2,1H3. The molecule has 0 amide bonds. The lowest BCUT2D eigenvalue weighted by molar-refractivity contribution is 0.720. The highest BCUT2D eigenvalue weighted by molar-refractivity contribution is 7.17. The van der Waals surface area contributed by atoms with Crippen LogP contribution >= 0.6 is 11.3 Å². The molecule has 1 aromatic heterocycles. The van der Waals surface area contributed by atoms with Crippen LogP contribution in [-0.2, 0) is 6.42 Å². The Kier molecular flexibility index (Phi) is 3.20. The lowest BCUT2D eigenvalue weighted by Crippen LogP contribution is -1.85. The highest BCUT2D eigenvalue weighted by Gasteiger charge is 2.00. The van der Waals surface area contributed by atoms with Gasteiger partial charge in [0.25, 0.3) is 0 Å². The summed E-state index contributed by atoms with van der Waals surface area (Å²) >= 11 is 1.84. The van der Waals surface area contributed by atoms with Gasteiger partial charge in [-0.2, -0.15) is 0 Å². The lowest BCUT2D eigenvalue weighted by Gasteiger charge is -2.02. The van der Waals surface area contributed by atoms with Crippen LogP contribution in [0.4, 0.5) is 0 Å². The topological polar surface area (TPSA) is 0 Å². The van der Waals surface area contributed by atoms with E-state index < -0.39 is 0 Å². The van der Waals surface area contributed by atoms with E-state index >= 15 is 0 Å². The van der Waals surface area contributed by atoms with Crippen molar-refractivity contribution in [1.82, 2.24) is 0 Å². The molecule has 74 valence electrons. The van der Waals surface area contributed by atoms with Crippen molar-refractivity contribution in [2.75, 3.05) is 0 Å². The summed E-state index contributed by atoms with van der Waals surface area (Å²) in [6.07, 6.45) is 5.22. The van der Waals surface area contributed by atoms with E-state index in [1.165, 1.54) is 41.3 Å². The van der Waals surface area contributed by atoms with Gasteiger partial charge in [-0.05, 0) is 41.3 Å². The monoisotopic (exact) mass is 204 g/mol. The second-order valence-electron chi connectivity index (χ2n) is 3.71. The second kappa shape index (κ2) is 4.61. The van der Waals surface area contributed by atoms with Crippen molar-refractivity contribution in [3.05, 3.63) is 35.2 Å². The fourth-order valence-corrected chi connectivity index (χ4v) is 2.67. The number of unbranched alkanes of at least 4 members (excludes halogenated alkanes) is 2. The van der Waals surface area contributed by atoms with Crippen LogP contribution in [0.3, 0.4) is 0 Å². The number of benzene rings is 1. The van der Waals surface area contributed by atoms with E-state index in [4.69, 9.17) is 0 Å². The average Bonchev–Trinajstić information content (AvgIpc) is 2.67. The van der Waals surface area contributed by atoms with E-state index in [-0.39, 0.29) is 0 Å². The molecule has 0 aliphatic heterocycles. The third-order valence-electron chi connectivity index (χ3n) is 2.64. The van der Waals surface area contributed by atoms with Gasteiger partial charge in [-0.3, -0.25) is 0 Å². The van der Waals surface area contributed by atoms with Crippen molar-refractivity contribution < 1.29 is 0 Å². The highest BCUT2D eigenvalue weighted by atomic mass is 32.1. The third-order valence-corrected chi connectivity index (χ3v) is 3.52. The Balaban J connectivity index is 2.19. The Hall–Kier alpha value is -0.820. The van der Waals surface area contributed by atoms with Crippen molar-refractivity contribution in [2.45, 2.75) is 32.6 Å². The van der Waals surface area contributed by atoms with Crippen LogP contribution in [0.2, 0.25) is 0 Å². The zero-order chi connectivity index (χ0) is 9.80. The zero-order valence-corrected chi connectivity index (χ0v) is 9.44. The number of hydrogen-bond acceptors (Lipinski definition) is 1. The third kappa shape index (κ3) is 1.98. The molecule has 0 bridgehead atoms. The smallest absolute Gasteiger partial charge is 0.0345 e. The second-order valence-corrected chi connectivity index (χ2v) is 4.65. The van der Waals surface area contributed by atoms with Gasteiger partial charge in [0, 0.05) is 4.70 Å². The molecule has 0 saturated heterocycles. The molecular weight excluding hydrogens is 188 g/mol. The van der Waals surface area contributed by atoms with Crippen LogP contribution in [0.15, 0.2) is 29.6 Å². The minimum Gasteiger partial charge on any atom is -0.144 e. The largest absolute Gasteiger partial charge is 0.144 e. The van der Waals surface area contributed by atoms with Gasteiger partial charge in [0.15, 0.2) is 0 Å². The Morgan fingerprint density at radius 1 is 1.14 bits per heavy atom. The zero-order valence-electron chi connectivity index (χ0n) is 8.62. The van der Waals surface area contributed by atoms with Gasteiger partial charge in [-0.25, -0.2) is 0 Å². The van der Waals surface area contributed by atoms with Gasteiger partial charge < -0.3 is 0 Å². The summed E-state index contributed by atoms with van der Waals surface area (Å²) in [6.45, 7) is 2.26. The first-order valence-electron chi connectivity index (χ1n) is 5.37. The van der Waals surface area contributed by atoms with Crippen LogP contribution in [0, 0.1) is 0 Å². The van der Waals surface area contributed by atoms with Crippen molar-refractivity contribution in [2.24, 2.45) is 0 Å². The molecule has 0 unspecified atom stereocenters. The first-order valence-corrected chi connectivity index (χ1v) is 6.25. The lowest BCUT2D eigenvalue weighted by atomic mass is 10.0. The molecule has 1 aromatic carbocycles. The van der Waals surface area contributed by atoms with Crippen molar-refractivity contribution in [3.8, 4) is 0 Å². The molecule has 14 heavy (non-hydrogen) atoms. The molecule has 0 radical (unpaired) electrons. The van der Waals surface area contributed by atoms with Gasteiger partial charge in [0.2, 0.25) is 0 Å². The molecule has 0 aliphatic carbocycles. The maximum Gasteiger partial charge on any atom is 0.0345 e. The average molecular weight is 204 g/mol. The van der Waals surface area contributed by atoms with E-state index in [0.717, 1.165) is 0 Å². The SMILES string of the molecule is CCCCCc1cccc2sccc12. The number of fused-ring (bicyclic) bond motifs is 1. The summed E-state index contributed by atoms with van der Waals surface area (Å²) in [5.74, 6) is 0. The Bertz CT molecular complexity index is 400. The van der Waals surface area contributed by atoms with Crippen LogP contribution in [0.1, 0.15) is 31.7 Å². The van der Waals surface area contributed by atoms with E-state index in [0.29, 0.717) is 0 Å². The molecule has 0 atom stereocenters. The first kappa shape index (κ1) is 9.72. The maximum atomic E-state index is 2.27. The molecule has 0 spiro atoms. The van der Waals surface area contributed by atoms with Gasteiger partial charge in [0.1, 0.15) is 0 Å². The molecular formula is C13H16S. The Morgan fingerprint density at radius 3 is 2.93 bits per heavy atom. The van der Waals surface area contributed by atoms with E-state index in [2.05, 4.69) is 36.6 Å². The van der Waals surface area contributed by atoms with Crippen molar-refractivity contribution in [1.29, 1.82) is 0 Å². The van der Waals surface area contributed by atoms with Gasteiger partial charge in [0.05, 0.1) is 0 Å². The highest BCUT2D eigenvalue weighted by Crippen LogP contribution is 2.25. The summed E-state index contributed by atoms with van der Waals surface area (Å²) in [4.78, 5) is 0. The van der Waals surface area contributed by atoms with E-state index in [1.807, 2.05) is 11.3 Å². The molecule has 1 heteroatoms. The van der Waals surface area contributed by atoms with Gasteiger partial charge in [-0.1, -0.05) is 31.9 Å². The minimum atomic E-state index is 1.24. The minimum absolute atomic E-state index is 1.24. The molecule has 0 N–H and O–H groups in total. The van der Waals surface area contributed by atoms with E-state index in [9.17, 15) is 0 Å². The molecule has 2 rings (SSSR count). The van der Waals surface area contributed by atoms with Gasteiger partial charge in [-0.15, -0.1) is 11.3 Å². The summed E-state index contributed by atoms with van der Waals surface area (Å²) < 4.78 is 1.43. The number of hydrogen-bond donors (Lipinski definition) is 0. The number of aryl methyl sites for hydroxylation is 1. The predicted molar refractivity (Wildman–Crippen MR) is 65.1 cm³/mol.